The SMILES string of the molecule is CCNC(=O)[C@@H](CC)N(CCc1ccccc1)C(=O)CN(c1cc(Cl)cc(Cl)c1)S(=O)(=O)c1ccc(C)cc1. The van der Waals surface area contributed by atoms with Crippen LogP contribution in [-0.4, -0.2) is 50.8 Å². The van der Waals surface area contributed by atoms with Crippen molar-refractivity contribution in [3.63, 3.8) is 0 Å². The van der Waals surface area contributed by atoms with Crippen LogP contribution in [0.3, 0.4) is 0 Å². The van der Waals surface area contributed by atoms with Crippen molar-refractivity contribution < 1.29 is 18.0 Å². The van der Waals surface area contributed by atoms with E-state index in [1.54, 1.807) is 19.1 Å². The van der Waals surface area contributed by atoms with Crippen molar-refractivity contribution in [1.29, 1.82) is 0 Å². The predicted octanol–water partition coefficient (Wildman–Crippen LogP) is 5.48. The average Bonchev–Trinajstić information content (AvgIpc) is 2.89. The van der Waals surface area contributed by atoms with E-state index in [0.29, 0.717) is 19.4 Å². The zero-order valence-corrected chi connectivity index (χ0v) is 24.6. The summed E-state index contributed by atoms with van der Waals surface area (Å²) in [7, 11) is -4.19. The monoisotopic (exact) mass is 589 g/mol. The number of carbonyl (C=O) groups is 2. The molecule has 2 amide bonds. The fourth-order valence-corrected chi connectivity index (χ4v) is 6.15. The summed E-state index contributed by atoms with van der Waals surface area (Å²) in [6.07, 6.45) is 0.857. The Hall–Kier alpha value is -3.07. The number of benzene rings is 3. The summed E-state index contributed by atoms with van der Waals surface area (Å²) in [6.45, 7) is 5.57. The van der Waals surface area contributed by atoms with Crippen molar-refractivity contribution in [1.82, 2.24) is 10.2 Å². The van der Waals surface area contributed by atoms with E-state index in [1.807, 2.05) is 44.2 Å². The van der Waals surface area contributed by atoms with Gasteiger partial charge in [-0.3, -0.25) is 13.9 Å². The third-order valence-electron chi connectivity index (χ3n) is 6.24. The topological polar surface area (TPSA) is 86.8 Å². The number of sulfonamides is 1. The molecule has 0 unspecified atom stereocenters. The molecule has 0 fully saturated rings. The highest BCUT2D eigenvalue weighted by atomic mass is 35.5. The molecule has 0 aliphatic carbocycles. The number of aryl methyl sites for hydroxylation is 1. The molecule has 0 saturated heterocycles. The van der Waals surface area contributed by atoms with Crippen molar-refractivity contribution >= 4 is 50.7 Å². The average molecular weight is 591 g/mol. The number of hydrogen-bond acceptors (Lipinski definition) is 4. The van der Waals surface area contributed by atoms with Gasteiger partial charge in [0.25, 0.3) is 10.0 Å². The molecule has 0 radical (unpaired) electrons. The second kappa shape index (κ2) is 13.8. The van der Waals surface area contributed by atoms with Crippen molar-refractivity contribution in [2.24, 2.45) is 0 Å². The minimum Gasteiger partial charge on any atom is -0.355 e. The second-order valence-corrected chi connectivity index (χ2v) is 11.8. The first-order chi connectivity index (χ1) is 18.6. The lowest BCUT2D eigenvalue weighted by Crippen LogP contribution is -2.53. The maximum Gasteiger partial charge on any atom is 0.264 e. The van der Waals surface area contributed by atoms with Crippen molar-refractivity contribution in [2.75, 3.05) is 23.9 Å². The van der Waals surface area contributed by atoms with E-state index in [4.69, 9.17) is 23.2 Å². The van der Waals surface area contributed by atoms with Crippen molar-refractivity contribution in [3.05, 3.63) is 94.0 Å². The lowest BCUT2D eigenvalue weighted by Gasteiger charge is -2.33. The molecule has 10 heteroatoms. The number of carbonyl (C=O) groups excluding carboxylic acids is 2. The molecule has 0 spiro atoms. The molecule has 0 aromatic heterocycles. The molecule has 39 heavy (non-hydrogen) atoms. The summed E-state index contributed by atoms with van der Waals surface area (Å²) >= 11 is 12.4. The first-order valence-electron chi connectivity index (χ1n) is 12.7. The highest BCUT2D eigenvalue weighted by Crippen LogP contribution is 2.30. The van der Waals surface area contributed by atoms with Gasteiger partial charge in [0, 0.05) is 23.1 Å². The molecule has 208 valence electrons. The van der Waals surface area contributed by atoms with Crippen LogP contribution < -0.4 is 9.62 Å². The Kier molecular flexibility index (Phi) is 10.8. The number of nitrogens with one attached hydrogen (secondary N) is 1. The highest BCUT2D eigenvalue weighted by Gasteiger charge is 2.33. The Bertz CT molecular complexity index is 1360. The zero-order valence-electron chi connectivity index (χ0n) is 22.2. The van der Waals surface area contributed by atoms with E-state index in [0.717, 1.165) is 15.4 Å². The molecule has 3 aromatic carbocycles. The Morgan fingerprint density at radius 3 is 2.10 bits per heavy atom. The summed E-state index contributed by atoms with van der Waals surface area (Å²) in [5.74, 6) is -0.809. The second-order valence-electron chi connectivity index (χ2n) is 9.09. The number of amides is 2. The summed E-state index contributed by atoms with van der Waals surface area (Å²) in [6, 6.07) is 19.6. The van der Waals surface area contributed by atoms with E-state index < -0.39 is 28.5 Å². The third kappa shape index (κ3) is 7.97. The standard InChI is InChI=1S/C29H33Cl2N3O4S/c1-4-27(29(36)32-5-2)33(16-15-22-9-7-6-8-10-22)28(35)20-34(25-18-23(30)17-24(31)19-25)39(37,38)26-13-11-21(3)12-14-26/h6-14,17-19,27H,4-5,15-16,20H2,1-3H3,(H,32,36)/t27-/m1/s1. The minimum absolute atomic E-state index is 0.0172. The fourth-order valence-electron chi connectivity index (χ4n) is 4.24. The number of nitrogens with zero attached hydrogens (tertiary/aromatic N) is 2. The van der Waals surface area contributed by atoms with Gasteiger partial charge in [-0.15, -0.1) is 0 Å². The van der Waals surface area contributed by atoms with E-state index in [1.165, 1.54) is 35.2 Å². The van der Waals surface area contributed by atoms with Crippen LogP contribution in [-0.2, 0) is 26.0 Å². The van der Waals surface area contributed by atoms with Crippen LogP contribution in [0.1, 0.15) is 31.4 Å². The minimum atomic E-state index is -4.19. The number of anilines is 1. The predicted molar refractivity (Wildman–Crippen MR) is 157 cm³/mol. The van der Waals surface area contributed by atoms with Crippen molar-refractivity contribution in [3.8, 4) is 0 Å². The Balaban J connectivity index is 2.04. The lowest BCUT2D eigenvalue weighted by molar-refractivity contribution is -0.139. The maximum atomic E-state index is 13.9. The van der Waals surface area contributed by atoms with Gasteiger partial charge < -0.3 is 10.2 Å². The zero-order chi connectivity index (χ0) is 28.6. The van der Waals surface area contributed by atoms with E-state index >= 15 is 0 Å². The highest BCUT2D eigenvalue weighted by molar-refractivity contribution is 7.92. The Morgan fingerprint density at radius 1 is 0.923 bits per heavy atom. The number of halogens is 2. The van der Waals surface area contributed by atoms with Crippen LogP contribution >= 0.6 is 23.2 Å². The molecule has 0 heterocycles. The summed E-state index contributed by atoms with van der Waals surface area (Å²) < 4.78 is 28.7. The molecule has 0 aliphatic rings. The Morgan fingerprint density at radius 2 is 1.54 bits per heavy atom. The first-order valence-corrected chi connectivity index (χ1v) is 14.9. The molecule has 0 saturated carbocycles. The lowest BCUT2D eigenvalue weighted by atomic mass is 10.1. The van der Waals surface area contributed by atoms with Gasteiger partial charge in [0.2, 0.25) is 11.8 Å². The van der Waals surface area contributed by atoms with E-state index in [2.05, 4.69) is 5.32 Å². The quantitative estimate of drug-likeness (QED) is 0.303. The first kappa shape index (κ1) is 30.5. The van der Waals surface area contributed by atoms with E-state index in [9.17, 15) is 18.0 Å². The molecule has 1 N–H and O–H groups in total. The fraction of sp³-hybridized carbons (Fsp3) is 0.310. The summed E-state index contributed by atoms with van der Waals surface area (Å²) in [4.78, 5) is 28.4. The van der Waals surface area contributed by atoms with Gasteiger partial charge in [-0.25, -0.2) is 8.42 Å². The van der Waals surface area contributed by atoms with Gasteiger partial charge >= 0.3 is 0 Å². The van der Waals surface area contributed by atoms with Gasteiger partial charge in [0.15, 0.2) is 0 Å². The number of likely N-dealkylation sites (N-methyl/N-ethyl adjacent to an activating group) is 1. The summed E-state index contributed by atoms with van der Waals surface area (Å²) in [5.41, 5.74) is 2.03. The van der Waals surface area contributed by atoms with Crippen LogP contribution in [0.4, 0.5) is 5.69 Å². The molecule has 3 aromatic rings. The number of rotatable bonds is 12. The van der Waals surface area contributed by atoms with Gasteiger partial charge in [0.1, 0.15) is 12.6 Å². The molecular weight excluding hydrogens is 557 g/mol. The maximum absolute atomic E-state index is 13.9. The molecule has 1 atom stereocenters. The van der Waals surface area contributed by atoms with Crippen LogP contribution in [0.25, 0.3) is 0 Å². The van der Waals surface area contributed by atoms with Crippen LogP contribution in [0.5, 0.6) is 0 Å². The molecule has 7 nitrogen and oxygen atoms in total. The van der Waals surface area contributed by atoms with Crippen molar-refractivity contribution in [2.45, 2.75) is 44.6 Å². The van der Waals surface area contributed by atoms with Crippen LogP contribution in [0.15, 0.2) is 77.7 Å². The van der Waals surface area contributed by atoms with Gasteiger partial charge in [0.05, 0.1) is 10.6 Å². The van der Waals surface area contributed by atoms with E-state index in [-0.39, 0.29) is 33.1 Å². The van der Waals surface area contributed by atoms with Crippen LogP contribution in [0, 0.1) is 6.92 Å². The summed E-state index contributed by atoms with van der Waals surface area (Å²) in [5, 5.41) is 3.24. The number of hydrogen-bond donors (Lipinski definition) is 1. The Labute approximate surface area is 240 Å². The van der Waals surface area contributed by atoms with Gasteiger partial charge in [-0.1, -0.05) is 78.2 Å². The third-order valence-corrected chi connectivity index (χ3v) is 8.47. The van der Waals surface area contributed by atoms with Gasteiger partial charge in [-0.05, 0) is 62.6 Å². The molecule has 0 bridgehead atoms. The largest absolute Gasteiger partial charge is 0.355 e. The van der Waals surface area contributed by atoms with Crippen LogP contribution in [0.2, 0.25) is 10.0 Å². The molecular formula is C29H33Cl2N3O4S. The normalized spacial score (nSPS) is 12.0. The molecule has 3 rings (SSSR count). The smallest absolute Gasteiger partial charge is 0.264 e. The van der Waals surface area contributed by atoms with Gasteiger partial charge in [-0.2, -0.15) is 0 Å². The molecule has 0 aliphatic heterocycles.